The predicted molar refractivity (Wildman–Crippen MR) is 123 cm³/mol. The lowest BCUT2D eigenvalue weighted by Crippen LogP contribution is -2.39. The Bertz CT molecular complexity index is 1040. The maximum atomic E-state index is 12.7. The van der Waals surface area contributed by atoms with Gasteiger partial charge >= 0.3 is 5.97 Å². The average Bonchev–Trinajstić information content (AvgIpc) is 3.46. The van der Waals surface area contributed by atoms with Gasteiger partial charge < -0.3 is 14.5 Å². The third-order valence-corrected chi connectivity index (χ3v) is 6.67. The minimum atomic E-state index is -0.271. The number of pyridine rings is 1. The summed E-state index contributed by atoms with van der Waals surface area (Å²) >= 11 is 1.55. The number of aryl methyl sites for hydroxylation is 1. The number of furan rings is 1. The van der Waals surface area contributed by atoms with Crippen LogP contribution in [0.5, 0.6) is 0 Å². The first-order valence-corrected chi connectivity index (χ1v) is 11.6. The molecule has 0 aromatic carbocycles. The number of amides is 1. The SMILES string of the molecule is CCOC(=O)C1CCN(C(c2ccncc2)c2cc(C)sc2NC(=O)c2ccco2)CC1. The van der Waals surface area contributed by atoms with Crippen LogP contribution in [0.4, 0.5) is 5.00 Å². The number of nitrogens with zero attached hydrogens (tertiary/aromatic N) is 2. The van der Waals surface area contributed by atoms with Gasteiger partial charge in [0, 0.05) is 22.8 Å². The highest BCUT2D eigenvalue weighted by Gasteiger charge is 2.33. The van der Waals surface area contributed by atoms with Gasteiger partial charge in [0.25, 0.3) is 5.91 Å². The van der Waals surface area contributed by atoms with Crippen LogP contribution in [-0.4, -0.2) is 41.5 Å². The summed E-state index contributed by atoms with van der Waals surface area (Å²) in [7, 11) is 0. The lowest BCUT2D eigenvalue weighted by molar-refractivity contribution is -0.149. The molecule has 3 aromatic rings. The van der Waals surface area contributed by atoms with E-state index in [2.05, 4.69) is 21.3 Å². The van der Waals surface area contributed by atoms with Crippen LogP contribution < -0.4 is 5.32 Å². The Kier molecular flexibility index (Phi) is 7.02. The van der Waals surface area contributed by atoms with Crippen molar-refractivity contribution in [2.45, 2.75) is 32.7 Å². The van der Waals surface area contributed by atoms with Crippen LogP contribution in [0.15, 0.2) is 53.4 Å². The van der Waals surface area contributed by atoms with E-state index in [4.69, 9.17) is 9.15 Å². The molecule has 7 nitrogen and oxygen atoms in total. The average molecular weight is 454 g/mol. The highest BCUT2D eigenvalue weighted by molar-refractivity contribution is 7.16. The van der Waals surface area contributed by atoms with Crippen LogP contribution in [0.2, 0.25) is 0 Å². The molecule has 1 aliphatic heterocycles. The molecule has 0 bridgehead atoms. The number of likely N-dealkylation sites (tertiary alicyclic amines) is 1. The first kappa shape index (κ1) is 22.2. The molecule has 168 valence electrons. The van der Waals surface area contributed by atoms with E-state index in [0.29, 0.717) is 6.61 Å². The molecular formula is C24H27N3O4S. The van der Waals surface area contributed by atoms with E-state index in [9.17, 15) is 9.59 Å². The fourth-order valence-electron chi connectivity index (χ4n) is 4.19. The van der Waals surface area contributed by atoms with Crippen LogP contribution in [0.1, 0.15) is 52.4 Å². The Morgan fingerprint density at radius 1 is 1.28 bits per heavy atom. The number of thiophene rings is 1. The third kappa shape index (κ3) is 4.92. The first-order chi connectivity index (χ1) is 15.6. The fourth-order valence-corrected chi connectivity index (χ4v) is 5.13. The molecule has 0 spiro atoms. The van der Waals surface area contributed by atoms with Crippen LogP contribution >= 0.6 is 11.3 Å². The van der Waals surface area contributed by atoms with E-state index in [0.717, 1.165) is 46.9 Å². The number of carbonyl (C=O) groups excluding carboxylic acids is 2. The van der Waals surface area contributed by atoms with E-state index in [1.807, 2.05) is 26.0 Å². The van der Waals surface area contributed by atoms with Crippen molar-refractivity contribution in [3.63, 3.8) is 0 Å². The fraction of sp³-hybridized carbons (Fsp3) is 0.375. The van der Waals surface area contributed by atoms with E-state index in [1.165, 1.54) is 6.26 Å². The second-order valence-corrected chi connectivity index (χ2v) is 9.07. The Morgan fingerprint density at radius 2 is 2.03 bits per heavy atom. The van der Waals surface area contributed by atoms with Gasteiger partial charge in [0.1, 0.15) is 5.00 Å². The van der Waals surface area contributed by atoms with Gasteiger partial charge in [0.05, 0.1) is 24.8 Å². The Balaban J connectivity index is 1.61. The van der Waals surface area contributed by atoms with Gasteiger partial charge in [-0.05, 0) is 75.7 Å². The summed E-state index contributed by atoms with van der Waals surface area (Å²) in [6.45, 7) is 5.80. The maximum Gasteiger partial charge on any atom is 0.309 e. The lowest BCUT2D eigenvalue weighted by Gasteiger charge is -2.37. The van der Waals surface area contributed by atoms with Crippen molar-refractivity contribution in [2.24, 2.45) is 5.92 Å². The zero-order chi connectivity index (χ0) is 22.5. The molecule has 1 atom stereocenters. The molecular weight excluding hydrogens is 426 g/mol. The number of aromatic nitrogens is 1. The predicted octanol–water partition coefficient (Wildman–Crippen LogP) is 4.66. The highest BCUT2D eigenvalue weighted by Crippen LogP contribution is 2.40. The molecule has 1 amide bonds. The summed E-state index contributed by atoms with van der Waals surface area (Å²) in [6, 6.07) is 9.43. The van der Waals surface area contributed by atoms with Crippen LogP contribution in [0.25, 0.3) is 0 Å². The number of anilines is 1. The molecule has 8 heteroatoms. The Morgan fingerprint density at radius 3 is 2.69 bits per heavy atom. The molecule has 3 aromatic heterocycles. The minimum absolute atomic E-state index is 0.0574. The molecule has 0 saturated carbocycles. The van der Waals surface area contributed by atoms with E-state index >= 15 is 0 Å². The molecule has 1 unspecified atom stereocenters. The molecule has 4 rings (SSSR count). The monoisotopic (exact) mass is 453 g/mol. The smallest absolute Gasteiger partial charge is 0.309 e. The lowest BCUT2D eigenvalue weighted by atomic mass is 9.92. The first-order valence-electron chi connectivity index (χ1n) is 10.8. The van der Waals surface area contributed by atoms with Gasteiger partial charge in [-0.1, -0.05) is 0 Å². The summed E-state index contributed by atoms with van der Waals surface area (Å²) < 4.78 is 10.5. The second kappa shape index (κ2) is 10.1. The van der Waals surface area contributed by atoms with Crippen molar-refractivity contribution in [3.8, 4) is 0 Å². The van der Waals surface area contributed by atoms with Gasteiger partial charge in [-0.3, -0.25) is 19.5 Å². The van der Waals surface area contributed by atoms with E-state index < -0.39 is 0 Å². The van der Waals surface area contributed by atoms with Gasteiger partial charge in [0.15, 0.2) is 5.76 Å². The van der Waals surface area contributed by atoms with Crippen molar-refractivity contribution in [1.82, 2.24) is 9.88 Å². The largest absolute Gasteiger partial charge is 0.466 e. The molecule has 0 radical (unpaired) electrons. The van der Waals surface area contributed by atoms with Crippen molar-refractivity contribution in [2.75, 3.05) is 25.0 Å². The molecule has 1 N–H and O–H groups in total. The number of hydrogen-bond acceptors (Lipinski definition) is 7. The standard InChI is InChI=1S/C24H27N3O4S/c1-3-30-24(29)18-8-12-27(13-9-18)21(17-6-10-25-11-7-17)19-15-16(2)32-23(19)26-22(28)20-5-4-14-31-20/h4-7,10-11,14-15,18,21H,3,8-9,12-13H2,1-2H3,(H,26,28). The van der Waals surface area contributed by atoms with Gasteiger partial charge in [-0.25, -0.2) is 0 Å². The Labute approximate surface area is 191 Å². The van der Waals surface area contributed by atoms with Crippen molar-refractivity contribution < 1.29 is 18.7 Å². The zero-order valence-corrected chi connectivity index (χ0v) is 19.1. The number of piperidine rings is 1. The molecule has 1 aliphatic rings. The van der Waals surface area contributed by atoms with Crippen LogP contribution in [0.3, 0.4) is 0 Å². The van der Waals surface area contributed by atoms with Crippen molar-refractivity contribution >= 4 is 28.2 Å². The third-order valence-electron chi connectivity index (χ3n) is 5.69. The van der Waals surface area contributed by atoms with Gasteiger partial charge in [0.2, 0.25) is 0 Å². The van der Waals surface area contributed by atoms with Crippen molar-refractivity contribution in [1.29, 1.82) is 0 Å². The number of ether oxygens (including phenoxy) is 1. The summed E-state index contributed by atoms with van der Waals surface area (Å²) in [6.07, 6.45) is 6.56. The molecule has 32 heavy (non-hydrogen) atoms. The number of hydrogen-bond donors (Lipinski definition) is 1. The number of esters is 1. The normalized spacial score (nSPS) is 15.9. The summed E-state index contributed by atoms with van der Waals surface area (Å²) in [5.74, 6) is -0.165. The molecule has 1 fully saturated rings. The molecule has 4 heterocycles. The number of nitrogens with one attached hydrogen (secondary N) is 1. The van der Waals surface area contributed by atoms with Crippen LogP contribution in [0, 0.1) is 12.8 Å². The van der Waals surface area contributed by atoms with Crippen LogP contribution in [-0.2, 0) is 9.53 Å². The molecule has 0 aliphatic carbocycles. The van der Waals surface area contributed by atoms with E-state index in [1.54, 1.807) is 35.9 Å². The molecule has 1 saturated heterocycles. The van der Waals surface area contributed by atoms with Gasteiger partial charge in [-0.2, -0.15) is 0 Å². The quantitative estimate of drug-likeness (QED) is 0.524. The topological polar surface area (TPSA) is 84.7 Å². The second-order valence-electron chi connectivity index (χ2n) is 7.82. The summed E-state index contributed by atoms with van der Waals surface area (Å²) in [5.41, 5.74) is 2.13. The summed E-state index contributed by atoms with van der Waals surface area (Å²) in [4.78, 5) is 32.5. The van der Waals surface area contributed by atoms with Crippen molar-refractivity contribution in [3.05, 3.63) is 70.8 Å². The summed E-state index contributed by atoms with van der Waals surface area (Å²) in [5, 5.41) is 3.84. The van der Waals surface area contributed by atoms with E-state index in [-0.39, 0.29) is 29.6 Å². The highest BCUT2D eigenvalue weighted by atomic mass is 32.1. The maximum absolute atomic E-state index is 12.7. The Hall–Kier alpha value is -2.97. The number of carbonyl (C=O) groups is 2. The minimum Gasteiger partial charge on any atom is -0.466 e. The zero-order valence-electron chi connectivity index (χ0n) is 18.2. The van der Waals surface area contributed by atoms with Gasteiger partial charge in [-0.15, -0.1) is 11.3 Å². The number of rotatable bonds is 7.